The van der Waals surface area contributed by atoms with Crippen molar-refractivity contribution >= 4 is 17.3 Å². The zero-order chi connectivity index (χ0) is 12.7. The third-order valence-corrected chi connectivity index (χ3v) is 3.33. The number of hydrogen-bond acceptors (Lipinski definition) is 4. The van der Waals surface area contributed by atoms with Gasteiger partial charge >= 0.3 is 5.97 Å². The largest absolute Gasteiger partial charge is 0.457 e. The van der Waals surface area contributed by atoms with E-state index in [-0.39, 0.29) is 12.1 Å². The predicted molar refractivity (Wildman–Crippen MR) is 71.2 cm³/mol. The molecule has 0 aromatic carbocycles. The van der Waals surface area contributed by atoms with Crippen molar-refractivity contribution in [1.29, 1.82) is 0 Å². The summed E-state index contributed by atoms with van der Waals surface area (Å²) in [6.45, 7) is 4.89. The smallest absolute Gasteiger partial charge is 0.306 e. The van der Waals surface area contributed by atoms with Crippen molar-refractivity contribution in [2.24, 2.45) is 5.92 Å². The van der Waals surface area contributed by atoms with Crippen molar-refractivity contribution in [1.82, 2.24) is 5.32 Å². The molecule has 1 heterocycles. The molecule has 3 nitrogen and oxygen atoms in total. The fraction of sp³-hybridized carbons (Fsp3) is 0.615. The summed E-state index contributed by atoms with van der Waals surface area (Å²) in [6, 6.07) is 4.01. The lowest BCUT2D eigenvalue weighted by Crippen LogP contribution is -2.17. The van der Waals surface area contributed by atoms with Crippen LogP contribution >= 0.6 is 11.3 Å². The highest BCUT2D eigenvalue weighted by Gasteiger charge is 2.17. The monoisotopic (exact) mass is 255 g/mol. The third-order valence-electron chi connectivity index (χ3n) is 2.37. The van der Waals surface area contributed by atoms with Gasteiger partial charge in [-0.25, -0.2) is 0 Å². The summed E-state index contributed by atoms with van der Waals surface area (Å²) in [5.41, 5.74) is 0. The minimum absolute atomic E-state index is 0.102. The Morgan fingerprint density at radius 3 is 2.82 bits per heavy atom. The van der Waals surface area contributed by atoms with E-state index in [1.807, 2.05) is 38.4 Å². The van der Waals surface area contributed by atoms with Gasteiger partial charge in [-0.2, -0.15) is 0 Å². The Morgan fingerprint density at radius 2 is 2.29 bits per heavy atom. The molecule has 0 spiro atoms. The molecule has 1 unspecified atom stereocenters. The summed E-state index contributed by atoms with van der Waals surface area (Å²) in [5, 5.41) is 5.10. The molecule has 0 radical (unpaired) electrons. The first-order chi connectivity index (χ1) is 8.13. The highest BCUT2D eigenvalue weighted by Crippen LogP contribution is 2.26. The Balaban J connectivity index is 2.55. The molecule has 0 amide bonds. The van der Waals surface area contributed by atoms with Gasteiger partial charge in [0.25, 0.3) is 0 Å². The summed E-state index contributed by atoms with van der Waals surface area (Å²) < 4.78 is 5.54. The average Bonchev–Trinajstić information content (AvgIpc) is 2.76. The maximum absolute atomic E-state index is 11.7. The Labute approximate surface area is 107 Å². The molecule has 0 fully saturated rings. The van der Waals surface area contributed by atoms with Crippen LogP contribution in [0.1, 0.15) is 37.7 Å². The fourth-order valence-corrected chi connectivity index (χ4v) is 2.34. The van der Waals surface area contributed by atoms with Gasteiger partial charge in [0.05, 0.1) is 0 Å². The topological polar surface area (TPSA) is 38.3 Å². The molecule has 1 aromatic heterocycles. The van der Waals surface area contributed by atoms with Crippen LogP contribution in [0.4, 0.5) is 0 Å². The van der Waals surface area contributed by atoms with Crippen LogP contribution in [0.15, 0.2) is 17.5 Å². The minimum atomic E-state index is -0.103. The second kappa shape index (κ2) is 7.45. The molecule has 17 heavy (non-hydrogen) atoms. The van der Waals surface area contributed by atoms with E-state index in [9.17, 15) is 4.79 Å². The molecular formula is C13H21NO2S. The summed E-state index contributed by atoms with van der Waals surface area (Å²) in [5.74, 6) is 0.241. The van der Waals surface area contributed by atoms with Gasteiger partial charge in [-0.1, -0.05) is 19.9 Å². The molecular weight excluding hydrogens is 234 g/mol. The maximum Gasteiger partial charge on any atom is 0.306 e. The number of esters is 1. The van der Waals surface area contributed by atoms with Gasteiger partial charge in [0, 0.05) is 17.7 Å². The second-order valence-electron chi connectivity index (χ2n) is 4.48. The normalized spacial score (nSPS) is 12.7. The molecule has 0 aliphatic carbocycles. The molecule has 0 aliphatic heterocycles. The molecule has 0 saturated carbocycles. The summed E-state index contributed by atoms with van der Waals surface area (Å²) >= 11 is 1.64. The van der Waals surface area contributed by atoms with Crippen LogP contribution < -0.4 is 5.32 Å². The van der Waals surface area contributed by atoms with Crippen LogP contribution in [0.3, 0.4) is 0 Å². The van der Waals surface area contributed by atoms with Crippen molar-refractivity contribution in [3.63, 3.8) is 0 Å². The highest BCUT2D eigenvalue weighted by atomic mass is 32.1. The standard InChI is InChI=1S/C13H21NO2S/c1-10(2)9-13(15)16-11(6-7-14-3)12-5-4-8-17-12/h4-5,8,10-11,14H,6-7,9H2,1-3H3. The van der Waals surface area contributed by atoms with E-state index in [1.165, 1.54) is 0 Å². The molecule has 1 aromatic rings. The summed E-state index contributed by atoms with van der Waals surface area (Å²) in [4.78, 5) is 12.8. The lowest BCUT2D eigenvalue weighted by atomic mass is 10.1. The molecule has 4 heteroatoms. The van der Waals surface area contributed by atoms with Crippen molar-refractivity contribution in [3.05, 3.63) is 22.4 Å². The van der Waals surface area contributed by atoms with Gasteiger partial charge < -0.3 is 10.1 Å². The van der Waals surface area contributed by atoms with E-state index < -0.39 is 0 Å². The Bertz CT molecular complexity index is 322. The van der Waals surface area contributed by atoms with Crippen LogP contribution in [-0.4, -0.2) is 19.6 Å². The molecule has 0 bridgehead atoms. The van der Waals surface area contributed by atoms with Gasteiger partial charge in [0.15, 0.2) is 0 Å². The molecule has 1 N–H and O–H groups in total. The molecule has 0 aliphatic rings. The molecule has 96 valence electrons. The summed E-state index contributed by atoms with van der Waals surface area (Å²) in [6.07, 6.45) is 1.20. The van der Waals surface area contributed by atoms with E-state index >= 15 is 0 Å². The van der Waals surface area contributed by atoms with E-state index in [0.29, 0.717) is 12.3 Å². The lowest BCUT2D eigenvalue weighted by molar-refractivity contribution is -0.150. The van der Waals surface area contributed by atoms with Gasteiger partial charge in [0.2, 0.25) is 0 Å². The maximum atomic E-state index is 11.7. The van der Waals surface area contributed by atoms with Gasteiger partial charge in [0.1, 0.15) is 6.10 Å². The third kappa shape index (κ3) is 5.33. The van der Waals surface area contributed by atoms with Crippen molar-refractivity contribution in [2.75, 3.05) is 13.6 Å². The summed E-state index contributed by atoms with van der Waals surface area (Å²) in [7, 11) is 1.90. The van der Waals surface area contributed by atoms with E-state index in [0.717, 1.165) is 17.8 Å². The quantitative estimate of drug-likeness (QED) is 0.761. The van der Waals surface area contributed by atoms with Crippen molar-refractivity contribution in [3.8, 4) is 0 Å². The van der Waals surface area contributed by atoms with Crippen LogP contribution in [0.25, 0.3) is 0 Å². The molecule has 0 saturated heterocycles. The number of carbonyl (C=O) groups excluding carboxylic acids is 1. The number of carbonyl (C=O) groups is 1. The fourth-order valence-electron chi connectivity index (χ4n) is 1.55. The Morgan fingerprint density at radius 1 is 1.53 bits per heavy atom. The molecule has 1 rings (SSSR count). The Hall–Kier alpha value is -0.870. The second-order valence-corrected chi connectivity index (χ2v) is 5.46. The highest BCUT2D eigenvalue weighted by molar-refractivity contribution is 7.10. The van der Waals surface area contributed by atoms with Crippen molar-refractivity contribution < 1.29 is 9.53 Å². The predicted octanol–water partition coefficient (Wildman–Crippen LogP) is 2.99. The van der Waals surface area contributed by atoms with E-state index in [2.05, 4.69) is 5.32 Å². The van der Waals surface area contributed by atoms with E-state index in [1.54, 1.807) is 11.3 Å². The van der Waals surface area contributed by atoms with Crippen molar-refractivity contribution in [2.45, 2.75) is 32.8 Å². The van der Waals surface area contributed by atoms with Crippen LogP contribution in [0, 0.1) is 5.92 Å². The SMILES string of the molecule is CNCCC(OC(=O)CC(C)C)c1cccs1. The van der Waals surface area contributed by atoms with Gasteiger partial charge in [-0.05, 0) is 31.0 Å². The van der Waals surface area contributed by atoms with Crippen LogP contribution in [0.5, 0.6) is 0 Å². The lowest BCUT2D eigenvalue weighted by Gasteiger charge is -2.17. The molecule has 1 atom stereocenters. The first kappa shape index (κ1) is 14.2. The van der Waals surface area contributed by atoms with Crippen LogP contribution in [-0.2, 0) is 9.53 Å². The first-order valence-electron chi connectivity index (χ1n) is 6.01. The number of ether oxygens (including phenoxy) is 1. The van der Waals surface area contributed by atoms with Gasteiger partial charge in [-0.15, -0.1) is 11.3 Å². The van der Waals surface area contributed by atoms with E-state index in [4.69, 9.17) is 4.74 Å². The first-order valence-corrected chi connectivity index (χ1v) is 6.89. The number of rotatable bonds is 7. The van der Waals surface area contributed by atoms with Crippen LogP contribution in [0.2, 0.25) is 0 Å². The van der Waals surface area contributed by atoms with Gasteiger partial charge in [-0.3, -0.25) is 4.79 Å². The zero-order valence-electron chi connectivity index (χ0n) is 10.7. The minimum Gasteiger partial charge on any atom is -0.457 e. The number of nitrogens with one attached hydrogen (secondary N) is 1. The number of thiophene rings is 1. The Kier molecular flexibility index (Phi) is 6.22. The average molecular weight is 255 g/mol. The number of hydrogen-bond donors (Lipinski definition) is 1. The zero-order valence-corrected chi connectivity index (χ0v) is 11.5.